The Balaban J connectivity index is 1.47. The van der Waals surface area contributed by atoms with Gasteiger partial charge < -0.3 is 15.2 Å². The van der Waals surface area contributed by atoms with E-state index < -0.39 is 6.10 Å². The van der Waals surface area contributed by atoms with Gasteiger partial charge in [-0.05, 0) is 42.5 Å². The van der Waals surface area contributed by atoms with Crippen molar-refractivity contribution in [3.05, 3.63) is 65.7 Å². The molecule has 126 valence electrons. The minimum absolute atomic E-state index is 0.0515. The standard InChI is InChI=1S/C20H23NO3/c22-19-8-4-7-18(19)20(23)21-13-15-9-11-17(12-10-15)24-14-16-5-2-1-3-6-16/h1-3,5-6,9-12,18-19,22H,4,7-8,13-14H2,(H,21,23). The molecule has 1 fully saturated rings. The molecule has 0 radical (unpaired) electrons. The quantitative estimate of drug-likeness (QED) is 0.858. The van der Waals surface area contributed by atoms with Crippen LogP contribution in [0.2, 0.25) is 0 Å². The van der Waals surface area contributed by atoms with Gasteiger partial charge in [0.25, 0.3) is 0 Å². The maximum absolute atomic E-state index is 12.1. The van der Waals surface area contributed by atoms with Crippen LogP contribution in [0.25, 0.3) is 0 Å². The van der Waals surface area contributed by atoms with Gasteiger partial charge in [-0.3, -0.25) is 4.79 Å². The van der Waals surface area contributed by atoms with Crippen molar-refractivity contribution in [2.24, 2.45) is 5.92 Å². The largest absolute Gasteiger partial charge is 0.489 e. The normalized spacial score (nSPS) is 19.9. The van der Waals surface area contributed by atoms with Gasteiger partial charge in [-0.1, -0.05) is 42.5 Å². The highest BCUT2D eigenvalue weighted by Gasteiger charge is 2.31. The molecule has 1 saturated carbocycles. The summed E-state index contributed by atoms with van der Waals surface area (Å²) < 4.78 is 5.75. The smallest absolute Gasteiger partial charge is 0.225 e. The average molecular weight is 325 g/mol. The molecule has 2 unspecified atom stereocenters. The Morgan fingerprint density at radius 3 is 2.46 bits per heavy atom. The maximum atomic E-state index is 12.1. The van der Waals surface area contributed by atoms with E-state index in [2.05, 4.69) is 5.32 Å². The van der Waals surface area contributed by atoms with Crippen LogP contribution in [0.3, 0.4) is 0 Å². The first-order valence-electron chi connectivity index (χ1n) is 8.44. The summed E-state index contributed by atoms with van der Waals surface area (Å²) in [5.41, 5.74) is 2.15. The van der Waals surface area contributed by atoms with Gasteiger partial charge in [-0.15, -0.1) is 0 Å². The number of nitrogens with one attached hydrogen (secondary N) is 1. The lowest BCUT2D eigenvalue weighted by Gasteiger charge is -2.14. The van der Waals surface area contributed by atoms with Crippen molar-refractivity contribution >= 4 is 5.91 Å². The van der Waals surface area contributed by atoms with Crippen LogP contribution in [-0.2, 0) is 17.9 Å². The number of carbonyl (C=O) groups is 1. The highest BCUT2D eigenvalue weighted by molar-refractivity contribution is 5.79. The van der Waals surface area contributed by atoms with E-state index in [-0.39, 0.29) is 11.8 Å². The predicted molar refractivity (Wildman–Crippen MR) is 92.4 cm³/mol. The lowest BCUT2D eigenvalue weighted by molar-refractivity contribution is -0.127. The van der Waals surface area contributed by atoms with Crippen LogP contribution in [0.15, 0.2) is 54.6 Å². The summed E-state index contributed by atoms with van der Waals surface area (Å²) in [5.74, 6) is 0.503. The van der Waals surface area contributed by atoms with E-state index >= 15 is 0 Å². The molecule has 0 spiro atoms. The molecule has 0 aromatic heterocycles. The van der Waals surface area contributed by atoms with Crippen molar-refractivity contribution < 1.29 is 14.6 Å². The molecular weight excluding hydrogens is 302 g/mol. The van der Waals surface area contributed by atoms with Crippen molar-refractivity contribution in [2.75, 3.05) is 0 Å². The van der Waals surface area contributed by atoms with Gasteiger partial charge in [-0.2, -0.15) is 0 Å². The summed E-state index contributed by atoms with van der Waals surface area (Å²) in [6.45, 7) is 1.01. The van der Waals surface area contributed by atoms with Crippen LogP contribution in [-0.4, -0.2) is 17.1 Å². The first-order chi connectivity index (χ1) is 11.7. The molecule has 2 aromatic carbocycles. The fraction of sp³-hybridized carbons (Fsp3) is 0.350. The van der Waals surface area contributed by atoms with Gasteiger partial charge in [0.1, 0.15) is 12.4 Å². The van der Waals surface area contributed by atoms with Crippen LogP contribution in [0.4, 0.5) is 0 Å². The zero-order chi connectivity index (χ0) is 16.8. The number of aliphatic hydroxyl groups excluding tert-OH is 1. The average Bonchev–Trinajstić information content (AvgIpc) is 3.06. The molecule has 2 N–H and O–H groups in total. The fourth-order valence-electron chi connectivity index (χ4n) is 3.01. The van der Waals surface area contributed by atoms with Crippen molar-refractivity contribution in [2.45, 2.75) is 38.5 Å². The van der Waals surface area contributed by atoms with E-state index in [0.717, 1.165) is 36.1 Å². The lowest BCUT2D eigenvalue weighted by atomic mass is 10.1. The number of amides is 1. The molecule has 2 atom stereocenters. The third kappa shape index (κ3) is 4.36. The molecule has 0 saturated heterocycles. The van der Waals surface area contributed by atoms with Gasteiger partial charge in [0.15, 0.2) is 0 Å². The number of hydrogen-bond acceptors (Lipinski definition) is 3. The molecule has 1 aliphatic carbocycles. The number of aliphatic hydroxyl groups is 1. The van der Waals surface area contributed by atoms with Crippen molar-refractivity contribution in [1.82, 2.24) is 5.32 Å². The first kappa shape index (κ1) is 16.5. The Hall–Kier alpha value is -2.33. The van der Waals surface area contributed by atoms with E-state index in [9.17, 15) is 9.90 Å². The molecular formula is C20H23NO3. The Bertz CT molecular complexity index is 654. The van der Waals surface area contributed by atoms with Gasteiger partial charge in [-0.25, -0.2) is 0 Å². The molecule has 4 nitrogen and oxygen atoms in total. The van der Waals surface area contributed by atoms with Crippen molar-refractivity contribution in [3.8, 4) is 5.75 Å². The zero-order valence-electron chi connectivity index (χ0n) is 13.7. The molecule has 1 amide bonds. The molecule has 0 bridgehead atoms. The Kier molecular flexibility index (Phi) is 5.49. The summed E-state index contributed by atoms with van der Waals surface area (Å²) in [4.78, 5) is 12.1. The van der Waals surface area contributed by atoms with Gasteiger partial charge in [0.2, 0.25) is 5.91 Å². The van der Waals surface area contributed by atoms with Crippen LogP contribution in [0.5, 0.6) is 5.75 Å². The monoisotopic (exact) mass is 325 g/mol. The third-order valence-corrected chi connectivity index (χ3v) is 4.45. The molecule has 2 aromatic rings. The lowest BCUT2D eigenvalue weighted by Crippen LogP contribution is -2.34. The number of ether oxygens (including phenoxy) is 1. The summed E-state index contributed by atoms with van der Waals surface area (Å²) in [6, 6.07) is 17.7. The summed E-state index contributed by atoms with van der Waals surface area (Å²) in [7, 11) is 0. The molecule has 3 rings (SSSR count). The number of carbonyl (C=O) groups excluding carboxylic acids is 1. The van der Waals surface area contributed by atoms with Crippen LogP contribution < -0.4 is 10.1 Å². The van der Waals surface area contributed by atoms with Crippen LogP contribution >= 0.6 is 0 Å². The molecule has 24 heavy (non-hydrogen) atoms. The van der Waals surface area contributed by atoms with E-state index in [4.69, 9.17) is 4.74 Å². The molecule has 0 heterocycles. The molecule has 4 heteroatoms. The number of benzene rings is 2. The van der Waals surface area contributed by atoms with E-state index in [1.165, 1.54) is 0 Å². The second kappa shape index (κ2) is 7.97. The maximum Gasteiger partial charge on any atom is 0.225 e. The number of rotatable bonds is 6. The fourth-order valence-corrected chi connectivity index (χ4v) is 3.01. The minimum Gasteiger partial charge on any atom is -0.489 e. The van der Waals surface area contributed by atoms with Crippen LogP contribution in [0.1, 0.15) is 30.4 Å². The van der Waals surface area contributed by atoms with Gasteiger partial charge in [0, 0.05) is 6.54 Å². The Morgan fingerprint density at radius 1 is 1.04 bits per heavy atom. The topological polar surface area (TPSA) is 58.6 Å². The van der Waals surface area contributed by atoms with E-state index in [1.54, 1.807) is 0 Å². The SMILES string of the molecule is O=C(NCc1ccc(OCc2ccccc2)cc1)C1CCCC1O. The Labute approximate surface area is 142 Å². The van der Waals surface area contributed by atoms with Crippen molar-refractivity contribution in [1.29, 1.82) is 0 Å². The minimum atomic E-state index is -0.487. The van der Waals surface area contributed by atoms with Gasteiger partial charge in [0.05, 0.1) is 12.0 Å². The number of hydrogen-bond donors (Lipinski definition) is 2. The third-order valence-electron chi connectivity index (χ3n) is 4.45. The van der Waals surface area contributed by atoms with E-state index in [1.807, 2.05) is 54.6 Å². The van der Waals surface area contributed by atoms with Crippen LogP contribution in [0, 0.1) is 5.92 Å². The summed E-state index contributed by atoms with van der Waals surface area (Å²) in [6.07, 6.45) is 1.94. The highest BCUT2D eigenvalue weighted by atomic mass is 16.5. The molecule has 0 aliphatic heterocycles. The second-order valence-electron chi connectivity index (χ2n) is 6.24. The molecule has 1 aliphatic rings. The van der Waals surface area contributed by atoms with Gasteiger partial charge >= 0.3 is 0 Å². The predicted octanol–water partition coefficient (Wildman–Crippen LogP) is 3.04. The first-order valence-corrected chi connectivity index (χ1v) is 8.44. The Morgan fingerprint density at radius 2 is 1.79 bits per heavy atom. The van der Waals surface area contributed by atoms with Crippen molar-refractivity contribution in [3.63, 3.8) is 0 Å². The summed E-state index contributed by atoms with van der Waals surface area (Å²) in [5, 5.41) is 12.7. The second-order valence-corrected chi connectivity index (χ2v) is 6.24. The summed E-state index contributed by atoms with van der Waals surface area (Å²) >= 11 is 0. The zero-order valence-corrected chi connectivity index (χ0v) is 13.7. The van der Waals surface area contributed by atoms with E-state index in [0.29, 0.717) is 13.2 Å². The highest BCUT2D eigenvalue weighted by Crippen LogP contribution is 2.25.